The fourth-order valence-electron chi connectivity index (χ4n) is 2.46. The molecular weight excluding hydrogens is 334 g/mol. The van der Waals surface area contributed by atoms with E-state index in [0.29, 0.717) is 23.5 Å². The molecule has 18 heavy (non-hydrogen) atoms. The molecule has 0 saturated carbocycles. The highest BCUT2D eigenvalue weighted by Crippen LogP contribution is 2.28. The molecule has 6 heteroatoms. The Morgan fingerprint density at radius 2 is 2.39 bits per heavy atom. The predicted octanol–water partition coefficient (Wildman–Crippen LogP) is 2.47. The van der Waals surface area contributed by atoms with Gasteiger partial charge in [0.1, 0.15) is 0 Å². The van der Waals surface area contributed by atoms with Crippen molar-refractivity contribution >= 4 is 37.1 Å². The third-order valence-electron chi connectivity index (χ3n) is 3.48. The Balaban J connectivity index is 1.92. The molecule has 1 fully saturated rings. The number of hydrogen-bond acceptors (Lipinski definition) is 4. The van der Waals surface area contributed by atoms with Crippen molar-refractivity contribution < 1.29 is 8.42 Å². The largest absolute Gasteiger partial charge is 0.317 e. The fraction of sp³-hybridized carbons (Fsp3) is 0.667. The number of sulfone groups is 1. The van der Waals surface area contributed by atoms with Gasteiger partial charge >= 0.3 is 0 Å². The number of nitrogens with one attached hydrogen (secondary N) is 1. The van der Waals surface area contributed by atoms with Crippen molar-refractivity contribution in [1.82, 2.24) is 5.32 Å². The monoisotopic (exact) mass is 351 g/mol. The van der Waals surface area contributed by atoms with Crippen LogP contribution in [0.4, 0.5) is 0 Å². The van der Waals surface area contributed by atoms with Crippen LogP contribution in [0.2, 0.25) is 0 Å². The highest BCUT2D eigenvalue weighted by molar-refractivity contribution is 9.10. The van der Waals surface area contributed by atoms with E-state index in [1.807, 2.05) is 7.05 Å². The second-order valence-corrected chi connectivity index (χ2v) is 8.97. The Morgan fingerprint density at radius 1 is 1.61 bits per heavy atom. The molecule has 0 radical (unpaired) electrons. The third-order valence-corrected chi connectivity index (χ3v) is 7.26. The Labute approximate surface area is 121 Å². The number of halogens is 1. The Hall–Kier alpha value is 0.0900. The number of hydrogen-bond donors (Lipinski definition) is 1. The quantitative estimate of drug-likeness (QED) is 0.886. The van der Waals surface area contributed by atoms with Crippen LogP contribution in [0.5, 0.6) is 0 Å². The minimum atomic E-state index is -2.75. The average Bonchev–Trinajstić information content (AvgIpc) is 2.85. The Bertz CT molecular complexity index is 498. The summed E-state index contributed by atoms with van der Waals surface area (Å²) in [5.41, 5.74) is 0. The summed E-state index contributed by atoms with van der Waals surface area (Å²) in [6, 6.07) is 2.42. The highest BCUT2D eigenvalue weighted by atomic mass is 79.9. The standard InChI is InChI=1S/C12H18BrNO2S2/c1-14-10(7-12-11(13)2-4-17-12)6-9-3-5-18(15,16)8-9/h2,4,9-10,14H,3,5-8H2,1H3. The first-order chi connectivity index (χ1) is 8.50. The molecule has 2 heterocycles. The first-order valence-corrected chi connectivity index (χ1v) is 9.59. The molecule has 1 N–H and O–H groups in total. The summed E-state index contributed by atoms with van der Waals surface area (Å²) < 4.78 is 24.1. The van der Waals surface area contributed by atoms with Crippen LogP contribution in [0.15, 0.2) is 15.9 Å². The van der Waals surface area contributed by atoms with Crippen LogP contribution in [0.1, 0.15) is 17.7 Å². The predicted molar refractivity (Wildman–Crippen MR) is 79.9 cm³/mol. The maximum absolute atomic E-state index is 11.5. The minimum Gasteiger partial charge on any atom is -0.317 e. The van der Waals surface area contributed by atoms with Crippen molar-refractivity contribution in [3.63, 3.8) is 0 Å². The molecule has 102 valence electrons. The van der Waals surface area contributed by atoms with Crippen LogP contribution in [0.25, 0.3) is 0 Å². The van der Waals surface area contributed by atoms with Gasteiger partial charge < -0.3 is 5.32 Å². The van der Waals surface area contributed by atoms with Gasteiger partial charge in [0.05, 0.1) is 11.5 Å². The van der Waals surface area contributed by atoms with E-state index < -0.39 is 9.84 Å². The van der Waals surface area contributed by atoms with Crippen LogP contribution in [0.3, 0.4) is 0 Å². The number of rotatable bonds is 5. The molecule has 2 rings (SSSR count). The molecule has 0 spiro atoms. The molecule has 1 aromatic rings. The van der Waals surface area contributed by atoms with Crippen molar-refractivity contribution in [1.29, 1.82) is 0 Å². The van der Waals surface area contributed by atoms with Crippen LogP contribution in [-0.2, 0) is 16.3 Å². The van der Waals surface area contributed by atoms with E-state index in [4.69, 9.17) is 0 Å². The molecule has 0 amide bonds. The van der Waals surface area contributed by atoms with Gasteiger partial charge in [-0.3, -0.25) is 0 Å². The van der Waals surface area contributed by atoms with Gasteiger partial charge in [0.25, 0.3) is 0 Å². The Morgan fingerprint density at radius 3 is 2.89 bits per heavy atom. The van der Waals surface area contributed by atoms with Gasteiger partial charge in [-0.1, -0.05) is 0 Å². The van der Waals surface area contributed by atoms with Crippen LogP contribution >= 0.6 is 27.3 Å². The maximum Gasteiger partial charge on any atom is 0.150 e. The molecule has 0 aromatic carbocycles. The topological polar surface area (TPSA) is 46.2 Å². The lowest BCUT2D eigenvalue weighted by Crippen LogP contribution is -2.30. The summed E-state index contributed by atoms with van der Waals surface area (Å²) in [5.74, 6) is 1.07. The Kier molecular flexibility index (Phi) is 4.86. The molecule has 1 aromatic heterocycles. The number of likely N-dealkylation sites (N-methyl/N-ethyl adjacent to an activating group) is 1. The summed E-state index contributed by atoms with van der Waals surface area (Å²) in [6.07, 6.45) is 2.73. The van der Waals surface area contributed by atoms with E-state index in [0.717, 1.165) is 23.7 Å². The van der Waals surface area contributed by atoms with E-state index in [2.05, 4.69) is 32.7 Å². The lowest BCUT2D eigenvalue weighted by Gasteiger charge is -2.19. The molecule has 1 aliphatic heterocycles. The van der Waals surface area contributed by atoms with Gasteiger partial charge in [0.2, 0.25) is 0 Å². The summed E-state index contributed by atoms with van der Waals surface area (Å²) in [4.78, 5) is 1.33. The highest BCUT2D eigenvalue weighted by Gasteiger charge is 2.29. The molecular formula is C12H18BrNO2S2. The summed E-state index contributed by atoms with van der Waals surface area (Å²) in [7, 11) is -0.800. The van der Waals surface area contributed by atoms with E-state index in [9.17, 15) is 8.42 Å². The summed E-state index contributed by atoms with van der Waals surface area (Å²) in [6.45, 7) is 0. The van der Waals surface area contributed by atoms with Crippen LogP contribution in [0, 0.1) is 5.92 Å². The lowest BCUT2D eigenvalue weighted by atomic mass is 9.97. The van der Waals surface area contributed by atoms with Gasteiger partial charge in [-0.05, 0) is 59.6 Å². The lowest BCUT2D eigenvalue weighted by molar-refractivity contribution is 0.425. The van der Waals surface area contributed by atoms with Gasteiger partial charge in [-0.2, -0.15) is 0 Å². The number of thiophene rings is 1. The van der Waals surface area contributed by atoms with Crippen molar-refractivity contribution in [2.24, 2.45) is 5.92 Å². The normalized spacial score (nSPS) is 24.2. The SMILES string of the molecule is CNC(Cc1sccc1Br)CC1CCS(=O)(=O)C1. The molecule has 2 unspecified atom stereocenters. The molecule has 0 bridgehead atoms. The molecule has 3 nitrogen and oxygen atoms in total. The van der Waals surface area contributed by atoms with Crippen molar-refractivity contribution in [3.05, 3.63) is 20.8 Å². The summed E-state index contributed by atoms with van der Waals surface area (Å²) in [5, 5.41) is 5.39. The zero-order valence-corrected chi connectivity index (χ0v) is 13.6. The maximum atomic E-state index is 11.5. The first-order valence-electron chi connectivity index (χ1n) is 6.09. The molecule has 1 aliphatic rings. The van der Waals surface area contributed by atoms with Crippen LogP contribution < -0.4 is 5.32 Å². The van der Waals surface area contributed by atoms with E-state index in [1.165, 1.54) is 4.88 Å². The molecule has 1 saturated heterocycles. The van der Waals surface area contributed by atoms with Crippen molar-refractivity contribution in [2.75, 3.05) is 18.6 Å². The van der Waals surface area contributed by atoms with Gasteiger partial charge in [0.15, 0.2) is 9.84 Å². The first kappa shape index (κ1) is 14.5. The van der Waals surface area contributed by atoms with Gasteiger partial charge in [-0.25, -0.2) is 8.42 Å². The van der Waals surface area contributed by atoms with E-state index >= 15 is 0 Å². The fourth-order valence-corrected chi connectivity index (χ4v) is 5.93. The molecule has 2 atom stereocenters. The smallest absolute Gasteiger partial charge is 0.150 e. The van der Waals surface area contributed by atoms with E-state index in [1.54, 1.807) is 11.3 Å². The van der Waals surface area contributed by atoms with Gasteiger partial charge in [0, 0.05) is 15.4 Å². The van der Waals surface area contributed by atoms with Crippen molar-refractivity contribution in [2.45, 2.75) is 25.3 Å². The minimum absolute atomic E-state index is 0.325. The van der Waals surface area contributed by atoms with Crippen LogP contribution in [-0.4, -0.2) is 33.0 Å². The summed E-state index contributed by atoms with van der Waals surface area (Å²) >= 11 is 5.29. The van der Waals surface area contributed by atoms with Crippen molar-refractivity contribution in [3.8, 4) is 0 Å². The second kappa shape index (κ2) is 6.03. The zero-order chi connectivity index (χ0) is 13.2. The third kappa shape index (κ3) is 3.79. The van der Waals surface area contributed by atoms with E-state index in [-0.39, 0.29) is 0 Å². The van der Waals surface area contributed by atoms with Gasteiger partial charge in [-0.15, -0.1) is 11.3 Å². The molecule has 0 aliphatic carbocycles. The zero-order valence-electron chi connectivity index (χ0n) is 10.4. The average molecular weight is 352 g/mol. The second-order valence-electron chi connectivity index (χ2n) is 4.89.